The summed E-state index contributed by atoms with van der Waals surface area (Å²) in [5, 5.41) is 0. The Bertz CT molecular complexity index is 613. The highest BCUT2D eigenvalue weighted by Gasteiger charge is 2.32. The van der Waals surface area contributed by atoms with E-state index in [1.807, 2.05) is 0 Å². The topological polar surface area (TPSA) is 54.7 Å². The average molecular weight is 271 g/mol. The SMILES string of the molecule is CC(C)(C)c1ccc2nc(C3(N)CCCCC3)[nH]c2c1. The third-order valence-corrected chi connectivity index (χ3v) is 4.57. The van der Waals surface area contributed by atoms with Gasteiger partial charge in [0, 0.05) is 0 Å². The Morgan fingerprint density at radius 3 is 2.50 bits per heavy atom. The molecule has 3 N–H and O–H groups in total. The molecule has 0 bridgehead atoms. The number of hydrogen-bond acceptors (Lipinski definition) is 2. The second-order valence-electron chi connectivity index (χ2n) is 7.28. The molecule has 0 aliphatic heterocycles. The van der Waals surface area contributed by atoms with Crippen LogP contribution in [0.4, 0.5) is 0 Å². The fourth-order valence-electron chi connectivity index (χ4n) is 3.13. The Hall–Kier alpha value is -1.35. The number of H-pyrrole nitrogens is 1. The molecular formula is C17H25N3. The van der Waals surface area contributed by atoms with Crippen LogP contribution in [0.25, 0.3) is 11.0 Å². The van der Waals surface area contributed by atoms with Crippen molar-refractivity contribution in [2.24, 2.45) is 5.73 Å². The number of nitrogens with one attached hydrogen (secondary N) is 1. The lowest BCUT2D eigenvalue weighted by molar-refractivity contribution is 0.289. The third kappa shape index (κ3) is 2.35. The Kier molecular flexibility index (Phi) is 3.13. The summed E-state index contributed by atoms with van der Waals surface area (Å²) in [6.45, 7) is 6.70. The van der Waals surface area contributed by atoms with Gasteiger partial charge in [0.2, 0.25) is 0 Å². The minimum atomic E-state index is -0.251. The van der Waals surface area contributed by atoms with Crippen molar-refractivity contribution in [1.82, 2.24) is 9.97 Å². The van der Waals surface area contributed by atoms with E-state index in [-0.39, 0.29) is 11.0 Å². The summed E-state index contributed by atoms with van der Waals surface area (Å²) in [6.07, 6.45) is 5.80. The fraction of sp³-hybridized carbons (Fsp3) is 0.588. The maximum atomic E-state index is 6.57. The number of aromatic nitrogens is 2. The molecule has 1 aliphatic rings. The number of nitrogens with two attached hydrogens (primary N) is 1. The summed E-state index contributed by atoms with van der Waals surface area (Å²) in [5.74, 6) is 0.971. The monoisotopic (exact) mass is 271 g/mol. The van der Waals surface area contributed by atoms with Crippen LogP contribution in [-0.2, 0) is 11.0 Å². The number of nitrogens with zero attached hydrogens (tertiary/aromatic N) is 1. The molecule has 108 valence electrons. The van der Waals surface area contributed by atoms with Gasteiger partial charge in [0.25, 0.3) is 0 Å². The Labute approximate surface area is 121 Å². The van der Waals surface area contributed by atoms with Crippen molar-refractivity contribution in [2.75, 3.05) is 0 Å². The van der Waals surface area contributed by atoms with Crippen LogP contribution in [0.15, 0.2) is 18.2 Å². The van der Waals surface area contributed by atoms with E-state index in [0.29, 0.717) is 0 Å². The molecule has 0 saturated heterocycles. The second-order valence-corrected chi connectivity index (χ2v) is 7.28. The molecule has 0 atom stereocenters. The first kappa shape index (κ1) is 13.6. The van der Waals surface area contributed by atoms with Crippen molar-refractivity contribution in [2.45, 2.75) is 63.8 Å². The van der Waals surface area contributed by atoms with E-state index in [2.05, 4.69) is 44.0 Å². The Morgan fingerprint density at radius 1 is 1.15 bits per heavy atom. The van der Waals surface area contributed by atoms with Crippen LogP contribution in [-0.4, -0.2) is 9.97 Å². The lowest BCUT2D eigenvalue weighted by Crippen LogP contribution is -2.39. The average Bonchev–Trinajstić information content (AvgIpc) is 2.82. The lowest BCUT2D eigenvalue weighted by Gasteiger charge is -2.31. The zero-order chi connectivity index (χ0) is 14.4. The van der Waals surface area contributed by atoms with Crippen LogP contribution in [0.2, 0.25) is 0 Å². The van der Waals surface area contributed by atoms with Crippen LogP contribution in [0, 0.1) is 0 Å². The van der Waals surface area contributed by atoms with Gasteiger partial charge in [-0.2, -0.15) is 0 Å². The third-order valence-electron chi connectivity index (χ3n) is 4.57. The molecule has 1 aromatic heterocycles. The molecule has 1 saturated carbocycles. The van der Waals surface area contributed by atoms with Crippen LogP contribution in [0.5, 0.6) is 0 Å². The molecule has 1 aromatic carbocycles. The molecule has 1 aliphatic carbocycles. The highest BCUT2D eigenvalue weighted by atomic mass is 15.0. The minimum Gasteiger partial charge on any atom is -0.340 e. The molecule has 20 heavy (non-hydrogen) atoms. The molecule has 3 heteroatoms. The number of rotatable bonds is 1. The van der Waals surface area contributed by atoms with Gasteiger partial charge in [-0.3, -0.25) is 0 Å². The van der Waals surface area contributed by atoms with Crippen molar-refractivity contribution in [3.8, 4) is 0 Å². The molecule has 2 aromatic rings. The van der Waals surface area contributed by atoms with E-state index in [4.69, 9.17) is 10.7 Å². The van der Waals surface area contributed by atoms with E-state index in [1.165, 1.54) is 24.8 Å². The van der Waals surface area contributed by atoms with Gasteiger partial charge in [-0.25, -0.2) is 4.98 Å². The smallest absolute Gasteiger partial charge is 0.127 e. The number of imidazole rings is 1. The number of aromatic amines is 1. The highest BCUT2D eigenvalue weighted by Crippen LogP contribution is 2.34. The zero-order valence-electron chi connectivity index (χ0n) is 12.8. The van der Waals surface area contributed by atoms with Crippen molar-refractivity contribution in [3.63, 3.8) is 0 Å². The molecular weight excluding hydrogens is 246 g/mol. The van der Waals surface area contributed by atoms with Gasteiger partial charge < -0.3 is 10.7 Å². The van der Waals surface area contributed by atoms with Crippen LogP contribution in [0.3, 0.4) is 0 Å². The van der Waals surface area contributed by atoms with Gasteiger partial charge in [-0.05, 0) is 36.0 Å². The van der Waals surface area contributed by atoms with Gasteiger partial charge in [0.15, 0.2) is 0 Å². The predicted molar refractivity (Wildman–Crippen MR) is 83.7 cm³/mol. The first-order chi connectivity index (χ1) is 9.38. The molecule has 0 amide bonds. The first-order valence-electron chi connectivity index (χ1n) is 7.68. The normalized spacial score (nSPS) is 19.4. The Balaban J connectivity index is 2.02. The maximum Gasteiger partial charge on any atom is 0.127 e. The van der Waals surface area contributed by atoms with Crippen LogP contribution in [0.1, 0.15) is 64.3 Å². The van der Waals surface area contributed by atoms with E-state index in [1.54, 1.807) is 0 Å². The van der Waals surface area contributed by atoms with Gasteiger partial charge in [-0.15, -0.1) is 0 Å². The zero-order valence-corrected chi connectivity index (χ0v) is 12.8. The summed E-state index contributed by atoms with van der Waals surface area (Å²) < 4.78 is 0. The van der Waals surface area contributed by atoms with Gasteiger partial charge in [0.1, 0.15) is 5.82 Å². The molecule has 0 radical (unpaired) electrons. The Morgan fingerprint density at radius 2 is 1.85 bits per heavy atom. The van der Waals surface area contributed by atoms with E-state index in [0.717, 1.165) is 29.7 Å². The maximum absolute atomic E-state index is 6.57. The molecule has 3 rings (SSSR count). The summed E-state index contributed by atoms with van der Waals surface area (Å²) in [6, 6.07) is 6.51. The van der Waals surface area contributed by atoms with Crippen LogP contribution < -0.4 is 5.73 Å². The fourth-order valence-corrected chi connectivity index (χ4v) is 3.13. The van der Waals surface area contributed by atoms with E-state index in [9.17, 15) is 0 Å². The summed E-state index contributed by atoms with van der Waals surface area (Å²) >= 11 is 0. The minimum absolute atomic E-state index is 0.157. The molecule has 0 unspecified atom stereocenters. The van der Waals surface area contributed by atoms with Gasteiger partial charge in [0.05, 0.1) is 16.6 Å². The second kappa shape index (κ2) is 4.59. The van der Waals surface area contributed by atoms with Crippen molar-refractivity contribution >= 4 is 11.0 Å². The summed E-state index contributed by atoms with van der Waals surface area (Å²) in [4.78, 5) is 8.23. The van der Waals surface area contributed by atoms with Crippen molar-refractivity contribution in [1.29, 1.82) is 0 Å². The van der Waals surface area contributed by atoms with Crippen LogP contribution >= 0.6 is 0 Å². The quantitative estimate of drug-likeness (QED) is 0.824. The number of fused-ring (bicyclic) bond motifs is 1. The highest BCUT2D eigenvalue weighted by molar-refractivity contribution is 5.76. The van der Waals surface area contributed by atoms with E-state index >= 15 is 0 Å². The summed E-state index contributed by atoms with van der Waals surface area (Å²) in [7, 11) is 0. The lowest BCUT2D eigenvalue weighted by atomic mass is 9.82. The summed E-state index contributed by atoms with van der Waals surface area (Å²) in [5.41, 5.74) is 9.95. The van der Waals surface area contributed by atoms with Crippen molar-refractivity contribution in [3.05, 3.63) is 29.6 Å². The van der Waals surface area contributed by atoms with Crippen molar-refractivity contribution < 1.29 is 0 Å². The largest absolute Gasteiger partial charge is 0.340 e. The first-order valence-corrected chi connectivity index (χ1v) is 7.68. The molecule has 1 fully saturated rings. The molecule has 3 nitrogen and oxygen atoms in total. The van der Waals surface area contributed by atoms with E-state index < -0.39 is 0 Å². The molecule has 1 heterocycles. The predicted octanol–water partition coefficient (Wildman–Crippen LogP) is 3.98. The van der Waals surface area contributed by atoms with Gasteiger partial charge >= 0.3 is 0 Å². The number of benzene rings is 1. The van der Waals surface area contributed by atoms with Gasteiger partial charge in [-0.1, -0.05) is 46.1 Å². The number of hydrogen-bond donors (Lipinski definition) is 2. The molecule has 0 spiro atoms. The standard InChI is InChI=1S/C17H25N3/c1-16(2,3)12-7-8-13-14(11-12)20-15(19-13)17(18)9-5-4-6-10-17/h7-8,11H,4-6,9-10,18H2,1-3H3,(H,19,20).